The zero-order valence-electron chi connectivity index (χ0n) is 11.9. The molecule has 21 heavy (non-hydrogen) atoms. The van der Waals surface area contributed by atoms with Crippen LogP contribution in [0.4, 0.5) is 11.5 Å². The number of aromatic nitrogens is 1. The molecule has 0 bridgehead atoms. The van der Waals surface area contributed by atoms with Gasteiger partial charge in [-0.25, -0.2) is 0 Å². The van der Waals surface area contributed by atoms with Crippen molar-refractivity contribution in [2.24, 2.45) is 0 Å². The Morgan fingerprint density at radius 1 is 1.29 bits per heavy atom. The van der Waals surface area contributed by atoms with Crippen molar-refractivity contribution in [1.82, 2.24) is 4.98 Å². The maximum Gasteiger partial charge on any atom is 0.311 e. The van der Waals surface area contributed by atoms with E-state index in [-0.39, 0.29) is 17.5 Å². The Bertz CT molecular complexity index is 617. The molecular formula is C15H17N3O3. The van der Waals surface area contributed by atoms with Crippen molar-refractivity contribution in [3.05, 3.63) is 58.1 Å². The first kappa shape index (κ1) is 14.8. The first-order chi connectivity index (χ1) is 10.1. The van der Waals surface area contributed by atoms with E-state index in [9.17, 15) is 10.1 Å². The molecule has 6 nitrogen and oxygen atoms in total. The summed E-state index contributed by atoms with van der Waals surface area (Å²) < 4.78 is 5.02. The number of pyridine rings is 1. The lowest BCUT2D eigenvalue weighted by atomic mass is 10.1. The molecule has 0 saturated carbocycles. The van der Waals surface area contributed by atoms with Gasteiger partial charge in [0.1, 0.15) is 0 Å². The number of hydrogen-bond donors (Lipinski definition) is 1. The number of benzene rings is 1. The molecule has 6 heteroatoms. The van der Waals surface area contributed by atoms with Crippen molar-refractivity contribution in [3.63, 3.8) is 0 Å². The molecule has 0 amide bonds. The predicted octanol–water partition coefficient (Wildman–Crippen LogP) is 3.04. The summed E-state index contributed by atoms with van der Waals surface area (Å²) in [6, 6.07) is 12.8. The van der Waals surface area contributed by atoms with E-state index in [1.54, 1.807) is 0 Å². The maximum atomic E-state index is 11.0. The van der Waals surface area contributed by atoms with Crippen LogP contribution in [-0.2, 0) is 6.42 Å². The molecule has 0 aliphatic rings. The van der Waals surface area contributed by atoms with Gasteiger partial charge in [-0.3, -0.25) is 10.1 Å². The molecule has 0 spiro atoms. The third-order valence-corrected chi connectivity index (χ3v) is 3.02. The second-order valence-electron chi connectivity index (χ2n) is 4.71. The van der Waals surface area contributed by atoms with Crippen LogP contribution >= 0.6 is 0 Å². The van der Waals surface area contributed by atoms with Gasteiger partial charge in [0.05, 0.1) is 12.0 Å². The largest absolute Gasteiger partial charge is 0.481 e. The fourth-order valence-electron chi connectivity index (χ4n) is 2.05. The van der Waals surface area contributed by atoms with Gasteiger partial charge in [0, 0.05) is 18.2 Å². The van der Waals surface area contributed by atoms with Gasteiger partial charge in [-0.1, -0.05) is 30.3 Å². The second-order valence-corrected chi connectivity index (χ2v) is 4.71. The highest BCUT2D eigenvalue weighted by Gasteiger charge is 2.18. The Hall–Kier alpha value is -2.63. The third-order valence-electron chi connectivity index (χ3n) is 3.02. The Morgan fingerprint density at radius 3 is 2.62 bits per heavy atom. The first-order valence-corrected chi connectivity index (χ1v) is 6.60. The van der Waals surface area contributed by atoms with Crippen LogP contribution in [0.1, 0.15) is 12.5 Å². The highest BCUT2D eigenvalue weighted by molar-refractivity contribution is 5.57. The van der Waals surface area contributed by atoms with Crippen LogP contribution in [0.5, 0.6) is 5.88 Å². The molecule has 1 heterocycles. The summed E-state index contributed by atoms with van der Waals surface area (Å²) in [7, 11) is 1.48. The highest BCUT2D eigenvalue weighted by atomic mass is 16.6. The average Bonchev–Trinajstić information content (AvgIpc) is 2.47. The van der Waals surface area contributed by atoms with Gasteiger partial charge in [-0.15, -0.1) is 0 Å². The molecule has 2 rings (SSSR count). The smallest absolute Gasteiger partial charge is 0.311 e. The molecule has 1 aromatic carbocycles. The van der Waals surface area contributed by atoms with Gasteiger partial charge in [-0.2, -0.15) is 4.98 Å². The SMILES string of the molecule is COc1ccc([N+](=O)[O-])c(NC(C)Cc2ccccc2)n1. The summed E-state index contributed by atoms with van der Waals surface area (Å²) >= 11 is 0. The molecule has 1 unspecified atom stereocenters. The van der Waals surface area contributed by atoms with Crippen LogP contribution in [-0.4, -0.2) is 23.1 Å². The van der Waals surface area contributed by atoms with Crippen LogP contribution in [0, 0.1) is 10.1 Å². The summed E-state index contributed by atoms with van der Waals surface area (Å²) in [5, 5.41) is 14.1. The number of hydrogen-bond acceptors (Lipinski definition) is 5. The van der Waals surface area contributed by atoms with E-state index in [0.29, 0.717) is 5.88 Å². The summed E-state index contributed by atoms with van der Waals surface area (Å²) in [6.07, 6.45) is 0.747. The topological polar surface area (TPSA) is 77.3 Å². The zero-order valence-corrected chi connectivity index (χ0v) is 11.9. The van der Waals surface area contributed by atoms with Crippen LogP contribution in [0.2, 0.25) is 0 Å². The van der Waals surface area contributed by atoms with Crippen molar-refractivity contribution in [2.45, 2.75) is 19.4 Å². The lowest BCUT2D eigenvalue weighted by Gasteiger charge is -2.15. The molecule has 0 aliphatic carbocycles. The Kier molecular flexibility index (Phi) is 4.71. The first-order valence-electron chi connectivity index (χ1n) is 6.60. The van der Waals surface area contributed by atoms with Crippen LogP contribution in [0.25, 0.3) is 0 Å². The maximum absolute atomic E-state index is 11.0. The minimum Gasteiger partial charge on any atom is -0.481 e. The minimum atomic E-state index is -0.454. The Balaban J connectivity index is 2.15. The van der Waals surface area contributed by atoms with E-state index in [4.69, 9.17) is 4.74 Å². The number of nitrogens with one attached hydrogen (secondary N) is 1. The summed E-state index contributed by atoms with van der Waals surface area (Å²) in [6.45, 7) is 1.96. The number of nitro groups is 1. The van der Waals surface area contributed by atoms with E-state index in [2.05, 4.69) is 10.3 Å². The third kappa shape index (κ3) is 3.92. The zero-order chi connectivity index (χ0) is 15.2. The van der Waals surface area contributed by atoms with Gasteiger partial charge < -0.3 is 10.1 Å². The monoisotopic (exact) mass is 287 g/mol. The molecule has 1 aromatic heterocycles. The molecule has 1 N–H and O–H groups in total. The number of nitrogens with zero attached hydrogens (tertiary/aromatic N) is 2. The molecule has 1 atom stereocenters. The van der Waals surface area contributed by atoms with Gasteiger partial charge >= 0.3 is 5.69 Å². The van der Waals surface area contributed by atoms with Crippen molar-refractivity contribution in [2.75, 3.05) is 12.4 Å². The number of rotatable bonds is 6. The van der Waals surface area contributed by atoms with E-state index in [1.165, 1.54) is 19.2 Å². The van der Waals surface area contributed by atoms with E-state index in [1.807, 2.05) is 37.3 Å². The molecule has 0 saturated heterocycles. The fraction of sp³-hybridized carbons (Fsp3) is 0.267. The van der Waals surface area contributed by atoms with Crippen molar-refractivity contribution in [3.8, 4) is 5.88 Å². The number of ether oxygens (including phenoxy) is 1. The molecule has 2 aromatic rings. The quantitative estimate of drug-likeness (QED) is 0.652. The lowest BCUT2D eigenvalue weighted by molar-refractivity contribution is -0.384. The number of anilines is 1. The van der Waals surface area contributed by atoms with Crippen LogP contribution in [0.15, 0.2) is 42.5 Å². The molecule has 0 fully saturated rings. The van der Waals surface area contributed by atoms with Crippen molar-refractivity contribution >= 4 is 11.5 Å². The van der Waals surface area contributed by atoms with Gasteiger partial charge in [-0.05, 0) is 18.9 Å². The highest BCUT2D eigenvalue weighted by Crippen LogP contribution is 2.25. The minimum absolute atomic E-state index is 0.00528. The molecule has 0 aliphatic heterocycles. The predicted molar refractivity (Wildman–Crippen MR) is 80.7 cm³/mol. The van der Waals surface area contributed by atoms with Crippen molar-refractivity contribution < 1.29 is 9.66 Å². The van der Waals surface area contributed by atoms with Crippen molar-refractivity contribution in [1.29, 1.82) is 0 Å². The van der Waals surface area contributed by atoms with E-state index < -0.39 is 4.92 Å². The Morgan fingerprint density at radius 2 is 2.00 bits per heavy atom. The molecule has 110 valence electrons. The normalized spacial score (nSPS) is 11.7. The fourth-order valence-corrected chi connectivity index (χ4v) is 2.05. The molecular weight excluding hydrogens is 270 g/mol. The van der Waals surface area contributed by atoms with Gasteiger partial charge in [0.25, 0.3) is 0 Å². The van der Waals surface area contributed by atoms with Crippen LogP contribution < -0.4 is 10.1 Å². The van der Waals surface area contributed by atoms with Gasteiger partial charge in [0.15, 0.2) is 0 Å². The second kappa shape index (κ2) is 6.69. The number of methoxy groups -OCH3 is 1. The summed E-state index contributed by atoms with van der Waals surface area (Å²) in [5.41, 5.74) is 1.10. The summed E-state index contributed by atoms with van der Waals surface area (Å²) in [4.78, 5) is 14.7. The standard InChI is InChI=1S/C15H17N3O3/c1-11(10-12-6-4-3-5-7-12)16-15-13(18(19)20)8-9-14(17-15)21-2/h3-9,11H,10H2,1-2H3,(H,16,17). The average molecular weight is 287 g/mol. The summed E-state index contributed by atoms with van der Waals surface area (Å²) in [5.74, 6) is 0.567. The lowest BCUT2D eigenvalue weighted by Crippen LogP contribution is -2.19. The Labute approximate surface area is 122 Å². The van der Waals surface area contributed by atoms with E-state index >= 15 is 0 Å². The van der Waals surface area contributed by atoms with Crippen LogP contribution in [0.3, 0.4) is 0 Å². The van der Waals surface area contributed by atoms with Gasteiger partial charge in [0.2, 0.25) is 11.7 Å². The molecule has 0 radical (unpaired) electrons. The van der Waals surface area contributed by atoms with E-state index in [0.717, 1.165) is 12.0 Å².